The Hall–Kier alpha value is -1.89. The van der Waals surface area contributed by atoms with E-state index in [2.05, 4.69) is 0 Å². The van der Waals surface area contributed by atoms with E-state index in [0.29, 0.717) is 6.07 Å². The standard InChI is InChI=1S/C9H6F2N2/c10-7-5-8(11)9(13)4-6(7)2-1-3-12/h1-2,4-5H,13H2. The summed E-state index contributed by atoms with van der Waals surface area (Å²) in [4.78, 5) is 0. The lowest BCUT2D eigenvalue weighted by atomic mass is 10.1. The molecule has 0 heterocycles. The smallest absolute Gasteiger partial charge is 0.149 e. The van der Waals surface area contributed by atoms with Gasteiger partial charge in [0.05, 0.1) is 11.8 Å². The van der Waals surface area contributed by atoms with Crippen LogP contribution in [0.15, 0.2) is 18.2 Å². The average Bonchev–Trinajstić information content (AvgIpc) is 2.09. The Morgan fingerprint density at radius 2 is 2.00 bits per heavy atom. The lowest BCUT2D eigenvalue weighted by Crippen LogP contribution is -1.93. The van der Waals surface area contributed by atoms with Crippen molar-refractivity contribution >= 4 is 11.8 Å². The Bertz CT molecular complexity index is 391. The van der Waals surface area contributed by atoms with E-state index in [9.17, 15) is 8.78 Å². The van der Waals surface area contributed by atoms with Gasteiger partial charge in [0.1, 0.15) is 11.6 Å². The van der Waals surface area contributed by atoms with E-state index in [1.807, 2.05) is 0 Å². The first-order chi connectivity index (χ1) is 6.15. The van der Waals surface area contributed by atoms with Crippen LogP contribution in [-0.2, 0) is 0 Å². The first-order valence-electron chi connectivity index (χ1n) is 3.46. The van der Waals surface area contributed by atoms with Gasteiger partial charge in [0, 0.05) is 17.7 Å². The minimum Gasteiger partial charge on any atom is -0.396 e. The molecule has 0 fully saturated rings. The van der Waals surface area contributed by atoms with Gasteiger partial charge in [-0.25, -0.2) is 8.78 Å². The Balaban J connectivity index is 3.17. The summed E-state index contributed by atoms with van der Waals surface area (Å²) in [5.41, 5.74) is 5.16. The van der Waals surface area contributed by atoms with Crippen LogP contribution in [0.5, 0.6) is 0 Å². The molecule has 0 atom stereocenters. The molecule has 1 rings (SSSR count). The predicted octanol–water partition coefficient (Wildman–Crippen LogP) is 2.08. The number of nitrogens with two attached hydrogens (primary N) is 1. The molecule has 0 spiro atoms. The third-order valence-corrected chi connectivity index (χ3v) is 1.45. The zero-order chi connectivity index (χ0) is 9.84. The van der Waals surface area contributed by atoms with Crippen molar-refractivity contribution in [2.24, 2.45) is 0 Å². The molecule has 0 amide bonds. The maximum atomic E-state index is 12.9. The molecule has 66 valence electrons. The zero-order valence-electron chi connectivity index (χ0n) is 6.59. The van der Waals surface area contributed by atoms with E-state index in [0.717, 1.165) is 12.1 Å². The first kappa shape index (κ1) is 9.20. The Labute approximate surface area is 73.9 Å². The van der Waals surface area contributed by atoms with Gasteiger partial charge in [0.2, 0.25) is 0 Å². The van der Waals surface area contributed by atoms with E-state index in [4.69, 9.17) is 11.0 Å². The molecule has 0 saturated carbocycles. The summed E-state index contributed by atoms with van der Waals surface area (Å²) in [6, 6.07) is 3.52. The average molecular weight is 180 g/mol. The maximum Gasteiger partial charge on any atom is 0.149 e. The monoisotopic (exact) mass is 180 g/mol. The van der Waals surface area contributed by atoms with Crippen molar-refractivity contribution in [3.8, 4) is 6.07 Å². The fourth-order valence-corrected chi connectivity index (χ4v) is 0.838. The molecular weight excluding hydrogens is 174 g/mol. The topological polar surface area (TPSA) is 49.8 Å². The highest BCUT2D eigenvalue weighted by molar-refractivity contribution is 5.58. The van der Waals surface area contributed by atoms with Gasteiger partial charge in [-0.1, -0.05) is 0 Å². The Morgan fingerprint density at radius 3 is 2.62 bits per heavy atom. The third-order valence-electron chi connectivity index (χ3n) is 1.45. The molecule has 1 aromatic rings. The summed E-state index contributed by atoms with van der Waals surface area (Å²) >= 11 is 0. The number of halogens is 2. The summed E-state index contributed by atoms with van der Waals surface area (Å²) in [6.07, 6.45) is 2.32. The van der Waals surface area contributed by atoms with Crippen molar-refractivity contribution in [3.63, 3.8) is 0 Å². The van der Waals surface area contributed by atoms with Crippen LogP contribution in [0.3, 0.4) is 0 Å². The highest BCUT2D eigenvalue weighted by Gasteiger charge is 2.04. The second-order valence-corrected chi connectivity index (χ2v) is 2.36. The van der Waals surface area contributed by atoms with Crippen molar-refractivity contribution in [1.29, 1.82) is 5.26 Å². The molecule has 4 heteroatoms. The van der Waals surface area contributed by atoms with Crippen molar-refractivity contribution in [2.75, 3.05) is 5.73 Å². The Kier molecular flexibility index (Phi) is 2.60. The summed E-state index contributed by atoms with van der Waals surface area (Å²) < 4.78 is 25.5. The SMILES string of the molecule is N#CC=Cc1cc(N)c(F)cc1F. The zero-order valence-corrected chi connectivity index (χ0v) is 6.59. The van der Waals surface area contributed by atoms with Gasteiger partial charge in [-0.05, 0) is 12.1 Å². The third kappa shape index (κ3) is 2.03. The molecule has 0 aliphatic heterocycles. The summed E-state index contributed by atoms with van der Waals surface area (Å²) in [5.74, 6) is -1.54. The fourth-order valence-electron chi connectivity index (χ4n) is 0.838. The molecule has 0 bridgehead atoms. The van der Waals surface area contributed by atoms with Crippen LogP contribution in [0, 0.1) is 23.0 Å². The molecule has 0 aromatic heterocycles. The molecule has 2 N–H and O–H groups in total. The van der Waals surface area contributed by atoms with E-state index < -0.39 is 11.6 Å². The van der Waals surface area contributed by atoms with Gasteiger partial charge in [-0.15, -0.1) is 0 Å². The molecule has 0 aliphatic rings. The van der Waals surface area contributed by atoms with E-state index >= 15 is 0 Å². The van der Waals surface area contributed by atoms with E-state index in [-0.39, 0.29) is 11.3 Å². The predicted molar refractivity (Wildman–Crippen MR) is 45.4 cm³/mol. The van der Waals surface area contributed by atoms with Crippen LogP contribution in [0.25, 0.3) is 6.08 Å². The second kappa shape index (κ2) is 3.68. The van der Waals surface area contributed by atoms with Gasteiger partial charge < -0.3 is 5.73 Å². The molecule has 13 heavy (non-hydrogen) atoms. The van der Waals surface area contributed by atoms with E-state index in [1.165, 1.54) is 6.08 Å². The summed E-state index contributed by atoms with van der Waals surface area (Å²) in [6.45, 7) is 0. The molecule has 1 aromatic carbocycles. The van der Waals surface area contributed by atoms with Gasteiger partial charge in [-0.2, -0.15) is 5.26 Å². The van der Waals surface area contributed by atoms with Crippen LogP contribution in [0.1, 0.15) is 5.56 Å². The van der Waals surface area contributed by atoms with Crippen molar-refractivity contribution < 1.29 is 8.78 Å². The highest BCUT2D eigenvalue weighted by Crippen LogP contribution is 2.17. The van der Waals surface area contributed by atoms with Crippen molar-refractivity contribution in [2.45, 2.75) is 0 Å². The van der Waals surface area contributed by atoms with Crippen LogP contribution >= 0.6 is 0 Å². The highest BCUT2D eigenvalue weighted by atomic mass is 19.1. The maximum absolute atomic E-state index is 12.9. The van der Waals surface area contributed by atoms with Crippen LogP contribution in [-0.4, -0.2) is 0 Å². The fraction of sp³-hybridized carbons (Fsp3) is 0. The molecule has 0 saturated heterocycles. The second-order valence-electron chi connectivity index (χ2n) is 2.36. The normalized spacial score (nSPS) is 10.2. The number of hydrogen-bond donors (Lipinski definition) is 1. The lowest BCUT2D eigenvalue weighted by molar-refractivity contribution is 0.584. The molecule has 0 aliphatic carbocycles. The Morgan fingerprint density at radius 1 is 1.31 bits per heavy atom. The number of hydrogen-bond acceptors (Lipinski definition) is 2. The van der Waals surface area contributed by atoms with Gasteiger partial charge >= 0.3 is 0 Å². The van der Waals surface area contributed by atoms with Crippen LogP contribution in [0.4, 0.5) is 14.5 Å². The molecule has 0 unspecified atom stereocenters. The minimum absolute atomic E-state index is 0.0976. The quantitative estimate of drug-likeness (QED) is 0.531. The summed E-state index contributed by atoms with van der Waals surface area (Å²) in [7, 11) is 0. The number of nitriles is 1. The number of nitrogens with zero attached hydrogens (tertiary/aromatic N) is 1. The van der Waals surface area contributed by atoms with E-state index in [1.54, 1.807) is 6.07 Å². The molecular formula is C9H6F2N2. The lowest BCUT2D eigenvalue weighted by Gasteiger charge is -1.99. The largest absolute Gasteiger partial charge is 0.396 e. The van der Waals surface area contributed by atoms with Crippen molar-refractivity contribution in [1.82, 2.24) is 0 Å². The molecule has 2 nitrogen and oxygen atoms in total. The van der Waals surface area contributed by atoms with Crippen LogP contribution in [0.2, 0.25) is 0 Å². The number of anilines is 1. The number of nitrogen functional groups attached to an aromatic ring is 1. The van der Waals surface area contributed by atoms with Gasteiger partial charge in [0.25, 0.3) is 0 Å². The van der Waals surface area contributed by atoms with Crippen LogP contribution < -0.4 is 5.73 Å². The van der Waals surface area contributed by atoms with Gasteiger partial charge in [0.15, 0.2) is 0 Å². The van der Waals surface area contributed by atoms with Crippen molar-refractivity contribution in [3.05, 3.63) is 35.4 Å². The number of rotatable bonds is 1. The first-order valence-corrected chi connectivity index (χ1v) is 3.46. The molecule has 0 radical (unpaired) electrons. The minimum atomic E-state index is -0.799. The number of allylic oxidation sites excluding steroid dienone is 1. The summed E-state index contributed by atoms with van der Waals surface area (Å²) in [5, 5.41) is 8.18. The number of benzene rings is 1. The van der Waals surface area contributed by atoms with Gasteiger partial charge in [-0.3, -0.25) is 0 Å².